The largest absolute Gasteiger partial charge is 0.462 e. The summed E-state index contributed by atoms with van der Waals surface area (Å²) in [4.78, 5) is 38.4. The Balaban J connectivity index is 4.10. The molecule has 0 amide bonds. The van der Waals surface area contributed by atoms with Crippen LogP contribution in [0.2, 0.25) is 0 Å². The normalized spacial score (nSPS) is 12.5. The van der Waals surface area contributed by atoms with Crippen molar-refractivity contribution in [3.05, 3.63) is 72.9 Å². The highest BCUT2D eigenvalue weighted by Gasteiger charge is 2.19. The minimum atomic E-state index is -0.781. The zero-order chi connectivity index (χ0) is 59.2. The molecule has 476 valence electrons. The molecule has 0 spiro atoms. The van der Waals surface area contributed by atoms with Gasteiger partial charge in [0.15, 0.2) is 6.10 Å². The molecule has 0 radical (unpaired) electrons. The van der Waals surface area contributed by atoms with Gasteiger partial charge in [-0.25, -0.2) is 0 Å². The van der Waals surface area contributed by atoms with Crippen LogP contribution in [0.5, 0.6) is 0 Å². The van der Waals surface area contributed by atoms with Crippen LogP contribution in [0.25, 0.3) is 0 Å². The lowest BCUT2D eigenvalue weighted by molar-refractivity contribution is -0.167. The fourth-order valence-electron chi connectivity index (χ4n) is 10.5. The van der Waals surface area contributed by atoms with Crippen LogP contribution in [0.4, 0.5) is 0 Å². The summed E-state index contributed by atoms with van der Waals surface area (Å²) >= 11 is 0. The molecule has 0 aliphatic rings. The number of unbranched alkanes of at least 4 members (excludes halogenated alkanes) is 43. The number of allylic oxidation sites excluding steroid dienone is 12. The number of rotatable bonds is 66. The number of hydrogen-bond acceptors (Lipinski definition) is 6. The van der Waals surface area contributed by atoms with Gasteiger partial charge in [-0.3, -0.25) is 14.4 Å². The number of hydrogen-bond donors (Lipinski definition) is 0. The second-order valence-electron chi connectivity index (χ2n) is 24.1. The molecular formula is C76H136O6. The molecule has 0 bridgehead atoms. The topological polar surface area (TPSA) is 78.9 Å². The Hall–Kier alpha value is -3.15. The maximum Gasteiger partial charge on any atom is 0.306 e. The van der Waals surface area contributed by atoms with E-state index < -0.39 is 6.10 Å². The van der Waals surface area contributed by atoms with E-state index in [1.807, 2.05) is 0 Å². The zero-order valence-electron chi connectivity index (χ0n) is 54.8. The molecule has 6 nitrogen and oxygen atoms in total. The van der Waals surface area contributed by atoms with E-state index in [4.69, 9.17) is 14.2 Å². The lowest BCUT2D eigenvalue weighted by Crippen LogP contribution is -2.30. The Morgan fingerprint density at radius 2 is 0.476 bits per heavy atom. The number of carbonyl (C=O) groups is 3. The van der Waals surface area contributed by atoms with Crippen molar-refractivity contribution in [2.24, 2.45) is 0 Å². The Labute approximate surface area is 510 Å². The fraction of sp³-hybridized carbons (Fsp3) is 0.803. The predicted octanol–water partition coefficient (Wildman–Crippen LogP) is 24.8. The van der Waals surface area contributed by atoms with Gasteiger partial charge in [0.05, 0.1) is 0 Å². The molecule has 0 saturated carbocycles. The first-order valence-electron chi connectivity index (χ1n) is 35.9. The van der Waals surface area contributed by atoms with Crippen LogP contribution in [-0.2, 0) is 28.6 Å². The second-order valence-corrected chi connectivity index (χ2v) is 24.1. The van der Waals surface area contributed by atoms with Crippen molar-refractivity contribution in [3.8, 4) is 0 Å². The number of carbonyl (C=O) groups excluding carboxylic acids is 3. The molecule has 0 aliphatic heterocycles. The molecule has 82 heavy (non-hydrogen) atoms. The third-order valence-corrected chi connectivity index (χ3v) is 15.9. The Morgan fingerprint density at radius 1 is 0.256 bits per heavy atom. The van der Waals surface area contributed by atoms with Gasteiger partial charge in [-0.1, -0.05) is 318 Å². The van der Waals surface area contributed by atoms with E-state index in [1.165, 1.54) is 238 Å². The van der Waals surface area contributed by atoms with Gasteiger partial charge < -0.3 is 14.2 Å². The maximum atomic E-state index is 12.9. The average Bonchev–Trinajstić information content (AvgIpc) is 3.48. The predicted molar refractivity (Wildman–Crippen MR) is 358 cm³/mol. The first-order chi connectivity index (χ1) is 40.5. The van der Waals surface area contributed by atoms with Gasteiger partial charge in [0.25, 0.3) is 0 Å². The van der Waals surface area contributed by atoms with E-state index in [-0.39, 0.29) is 31.1 Å². The SMILES string of the molecule is CC/C=C\C/C=C\C/C=C\C/C=C\CCCCCCCCCCCCCCCCCCCCCCCCC(=O)OCC(COC(=O)CCCCCCC/C=C\CCCCCCC)OC(=O)CCCCCCC/C=C\CCCCCCCC. The molecule has 0 rings (SSSR count). The molecule has 0 aromatic rings. The van der Waals surface area contributed by atoms with Crippen LogP contribution in [-0.4, -0.2) is 37.2 Å². The highest BCUT2D eigenvalue weighted by Crippen LogP contribution is 2.18. The van der Waals surface area contributed by atoms with Gasteiger partial charge in [-0.2, -0.15) is 0 Å². The molecule has 0 aliphatic carbocycles. The smallest absolute Gasteiger partial charge is 0.306 e. The van der Waals surface area contributed by atoms with Crippen molar-refractivity contribution in [2.45, 2.75) is 380 Å². The van der Waals surface area contributed by atoms with Gasteiger partial charge in [0.1, 0.15) is 13.2 Å². The lowest BCUT2D eigenvalue weighted by Gasteiger charge is -2.18. The molecule has 0 aromatic carbocycles. The van der Waals surface area contributed by atoms with Crippen LogP contribution < -0.4 is 0 Å². The third kappa shape index (κ3) is 67.6. The van der Waals surface area contributed by atoms with Crippen molar-refractivity contribution in [2.75, 3.05) is 13.2 Å². The van der Waals surface area contributed by atoms with Crippen molar-refractivity contribution >= 4 is 17.9 Å². The van der Waals surface area contributed by atoms with Crippen LogP contribution in [0, 0.1) is 0 Å². The molecule has 0 fully saturated rings. The standard InChI is InChI=1S/C76H136O6/c1-4-7-10-13-16-19-22-25-28-29-30-31-32-33-34-35-36-37-38-39-40-41-42-43-44-45-46-47-49-51-54-57-60-63-66-69-75(78)81-72-73(71-80-74(77)68-65-62-59-56-53-50-27-24-21-18-15-12-9-6-3)82-76(79)70-67-64-61-58-55-52-48-26-23-20-17-14-11-8-5-2/h7,10,16,19,24-28,30-31,48,73H,4-6,8-9,11-15,17-18,20-23,29,32-47,49-72H2,1-3H3/b10-7-,19-16-,27-24-,28-25-,31-30-,48-26-. The van der Waals surface area contributed by atoms with Crippen LogP contribution >= 0.6 is 0 Å². The van der Waals surface area contributed by atoms with E-state index in [1.54, 1.807) is 0 Å². The minimum absolute atomic E-state index is 0.0760. The van der Waals surface area contributed by atoms with Crippen molar-refractivity contribution in [1.29, 1.82) is 0 Å². The Bertz CT molecular complexity index is 1500. The molecule has 1 unspecified atom stereocenters. The van der Waals surface area contributed by atoms with E-state index >= 15 is 0 Å². The highest BCUT2D eigenvalue weighted by atomic mass is 16.6. The molecule has 0 heterocycles. The van der Waals surface area contributed by atoms with Gasteiger partial charge in [-0.15, -0.1) is 0 Å². The molecule has 0 aromatic heterocycles. The van der Waals surface area contributed by atoms with Gasteiger partial charge in [0.2, 0.25) is 0 Å². The summed E-state index contributed by atoms with van der Waals surface area (Å²) in [7, 11) is 0. The van der Waals surface area contributed by atoms with Crippen LogP contribution in [0.3, 0.4) is 0 Å². The summed E-state index contributed by atoms with van der Waals surface area (Å²) in [6, 6.07) is 0. The van der Waals surface area contributed by atoms with Gasteiger partial charge in [-0.05, 0) is 109 Å². The van der Waals surface area contributed by atoms with Crippen molar-refractivity contribution < 1.29 is 28.6 Å². The summed E-state index contributed by atoms with van der Waals surface area (Å²) in [6.07, 6.45) is 92.3. The van der Waals surface area contributed by atoms with Gasteiger partial charge in [0, 0.05) is 19.3 Å². The fourth-order valence-corrected chi connectivity index (χ4v) is 10.5. The number of esters is 3. The second kappa shape index (κ2) is 70.3. The molecule has 1 atom stereocenters. The first-order valence-corrected chi connectivity index (χ1v) is 35.9. The molecule has 6 heteroatoms. The van der Waals surface area contributed by atoms with Gasteiger partial charge >= 0.3 is 17.9 Å². The van der Waals surface area contributed by atoms with Crippen molar-refractivity contribution in [1.82, 2.24) is 0 Å². The first kappa shape index (κ1) is 78.8. The third-order valence-electron chi connectivity index (χ3n) is 15.9. The monoisotopic (exact) mass is 1150 g/mol. The Kier molecular flexibility index (Phi) is 67.6. The van der Waals surface area contributed by atoms with E-state index in [0.717, 1.165) is 96.3 Å². The summed E-state index contributed by atoms with van der Waals surface area (Å²) < 4.78 is 17.0. The quantitative estimate of drug-likeness (QED) is 0.0261. The van der Waals surface area contributed by atoms with Crippen LogP contribution in [0.15, 0.2) is 72.9 Å². The van der Waals surface area contributed by atoms with Crippen molar-refractivity contribution in [3.63, 3.8) is 0 Å². The molecule has 0 saturated heterocycles. The molecular weight excluding hydrogens is 1010 g/mol. The van der Waals surface area contributed by atoms with E-state index in [9.17, 15) is 14.4 Å². The summed E-state index contributed by atoms with van der Waals surface area (Å²) in [5.74, 6) is -0.872. The summed E-state index contributed by atoms with van der Waals surface area (Å²) in [5.41, 5.74) is 0. The highest BCUT2D eigenvalue weighted by molar-refractivity contribution is 5.71. The van der Waals surface area contributed by atoms with E-state index in [0.29, 0.717) is 19.3 Å². The maximum absolute atomic E-state index is 12.9. The summed E-state index contributed by atoms with van der Waals surface area (Å²) in [5, 5.41) is 0. The van der Waals surface area contributed by atoms with E-state index in [2.05, 4.69) is 93.7 Å². The summed E-state index contributed by atoms with van der Waals surface area (Å²) in [6.45, 7) is 6.55. The molecule has 0 N–H and O–H groups in total. The number of ether oxygens (including phenoxy) is 3. The minimum Gasteiger partial charge on any atom is -0.462 e. The average molecular weight is 1150 g/mol. The van der Waals surface area contributed by atoms with Crippen LogP contribution in [0.1, 0.15) is 374 Å². The Morgan fingerprint density at radius 3 is 0.756 bits per heavy atom. The lowest BCUT2D eigenvalue weighted by atomic mass is 10.0. The zero-order valence-corrected chi connectivity index (χ0v) is 54.8.